The van der Waals surface area contributed by atoms with E-state index in [4.69, 9.17) is 9.47 Å². The maximum Gasteiger partial charge on any atom is 0.291 e. The smallest absolute Gasteiger partial charge is 0.291 e. The molecule has 1 aromatic heterocycles. The number of hydrogen-bond donors (Lipinski definition) is 2. The molecule has 26 heavy (non-hydrogen) atoms. The molecular weight excluding hydrogens is 336 g/mol. The molecule has 138 valence electrons. The predicted octanol–water partition coefficient (Wildman–Crippen LogP) is 0.801. The molecule has 1 saturated heterocycles. The number of carbonyl (C=O) groups is 1. The summed E-state index contributed by atoms with van der Waals surface area (Å²) in [5.74, 6) is 0.377. The Kier molecular flexibility index (Phi) is 5.65. The minimum atomic E-state index is -1.31. The van der Waals surface area contributed by atoms with Gasteiger partial charge in [-0.3, -0.25) is 4.79 Å². The number of nitrogens with one attached hydrogen (secondary N) is 1. The summed E-state index contributed by atoms with van der Waals surface area (Å²) in [5, 5.41) is 13.8. The molecule has 1 amide bonds. The van der Waals surface area contributed by atoms with Crippen LogP contribution in [0.2, 0.25) is 0 Å². The van der Waals surface area contributed by atoms with Crippen LogP contribution < -0.4 is 10.1 Å². The zero-order valence-electron chi connectivity index (χ0n) is 14.6. The van der Waals surface area contributed by atoms with Crippen molar-refractivity contribution in [2.75, 3.05) is 45.3 Å². The second-order valence-electron chi connectivity index (χ2n) is 6.15. The lowest BCUT2D eigenvalue weighted by Crippen LogP contribution is -2.50. The number of ether oxygens (including phenoxy) is 2. The lowest BCUT2D eigenvalue weighted by molar-refractivity contribution is -0.0621. The van der Waals surface area contributed by atoms with Gasteiger partial charge in [0, 0.05) is 13.6 Å². The van der Waals surface area contributed by atoms with Crippen molar-refractivity contribution in [3.63, 3.8) is 0 Å². The topological polar surface area (TPSA) is 96.8 Å². The van der Waals surface area contributed by atoms with Crippen molar-refractivity contribution in [1.29, 1.82) is 0 Å². The molecule has 8 heteroatoms. The number of anilines is 1. The third-order valence-corrected chi connectivity index (χ3v) is 4.03. The van der Waals surface area contributed by atoms with Crippen molar-refractivity contribution >= 4 is 11.6 Å². The summed E-state index contributed by atoms with van der Waals surface area (Å²) in [6.45, 7) is 0.858. The third kappa shape index (κ3) is 4.47. The van der Waals surface area contributed by atoms with Crippen LogP contribution in [0.3, 0.4) is 0 Å². The molecule has 2 heterocycles. The monoisotopic (exact) mass is 358 g/mol. The maximum absolute atomic E-state index is 12.7. The van der Waals surface area contributed by atoms with Crippen LogP contribution in [0.15, 0.2) is 42.7 Å². The van der Waals surface area contributed by atoms with E-state index in [1.165, 1.54) is 4.90 Å². The largest absolute Gasteiger partial charge is 0.490 e. The molecule has 3 rings (SSSR count). The van der Waals surface area contributed by atoms with Gasteiger partial charge in [0.05, 0.1) is 37.8 Å². The van der Waals surface area contributed by atoms with Gasteiger partial charge in [0.2, 0.25) is 5.82 Å². The summed E-state index contributed by atoms with van der Waals surface area (Å²) in [6.07, 6.45) is 3.08. The Morgan fingerprint density at radius 1 is 1.35 bits per heavy atom. The van der Waals surface area contributed by atoms with Gasteiger partial charge >= 0.3 is 0 Å². The highest BCUT2D eigenvalue weighted by atomic mass is 16.5. The average Bonchev–Trinajstić information content (AvgIpc) is 2.89. The van der Waals surface area contributed by atoms with Crippen LogP contribution in [-0.2, 0) is 4.74 Å². The summed E-state index contributed by atoms with van der Waals surface area (Å²) in [5.41, 5.74) is -0.596. The highest BCUT2D eigenvalue weighted by molar-refractivity contribution is 5.90. The quantitative estimate of drug-likeness (QED) is 0.816. The van der Waals surface area contributed by atoms with Crippen molar-refractivity contribution in [1.82, 2.24) is 14.9 Å². The Bertz CT molecular complexity index is 726. The first-order chi connectivity index (χ1) is 12.6. The van der Waals surface area contributed by atoms with Crippen LogP contribution in [0.25, 0.3) is 0 Å². The molecule has 0 unspecified atom stereocenters. The highest BCUT2D eigenvalue weighted by Crippen LogP contribution is 2.17. The van der Waals surface area contributed by atoms with Crippen molar-refractivity contribution < 1.29 is 19.4 Å². The van der Waals surface area contributed by atoms with Gasteiger partial charge in [-0.05, 0) is 12.1 Å². The van der Waals surface area contributed by atoms with E-state index in [2.05, 4.69) is 15.3 Å². The lowest BCUT2D eigenvalue weighted by atomic mass is 10.1. The molecule has 0 aliphatic carbocycles. The molecule has 8 nitrogen and oxygen atoms in total. The van der Waals surface area contributed by atoms with Gasteiger partial charge in [-0.1, -0.05) is 18.2 Å². The van der Waals surface area contributed by atoms with Crippen LogP contribution in [-0.4, -0.2) is 71.4 Å². The highest BCUT2D eigenvalue weighted by Gasteiger charge is 2.36. The number of nitrogens with zero attached hydrogens (tertiary/aromatic N) is 3. The van der Waals surface area contributed by atoms with Gasteiger partial charge in [0.25, 0.3) is 5.91 Å². The number of aromatic nitrogens is 2. The van der Waals surface area contributed by atoms with E-state index in [0.717, 1.165) is 0 Å². The van der Waals surface area contributed by atoms with Gasteiger partial charge in [0.1, 0.15) is 18.0 Å². The Labute approximate surface area is 151 Å². The first-order valence-electron chi connectivity index (χ1n) is 8.37. The van der Waals surface area contributed by atoms with Crippen molar-refractivity contribution in [2.45, 2.75) is 5.60 Å². The van der Waals surface area contributed by atoms with E-state index in [-0.39, 0.29) is 31.5 Å². The number of carbonyl (C=O) groups excluding carboxylic acids is 1. The summed E-state index contributed by atoms with van der Waals surface area (Å²) < 4.78 is 11.1. The second-order valence-corrected chi connectivity index (χ2v) is 6.15. The van der Waals surface area contributed by atoms with E-state index in [1.807, 2.05) is 18.2 Å². The number of amides is 1. The number of benzene rings is 1. The number of aliphatic hydroxyl groups is 1. The molecular formula is C18H22N4O4. The van der Waals surface area contributed by atoms with Gasteiger partial charge in [-0.2, -0.15) is 0 Å². The molecule has 1 fully saturated rings. The van der Waals surface area contributed by atoms with Gasteiger partial charge in [-0.25, -0.2) is 9.97 Å². The first kappa shape index (κ1) is 18.1. The Morgan fingerprint density at radius 3 is 2.77 bits per heavy atom. The van der Waals surface area contributed by atoms with Gasteiger partial charge in [-0.15, -0.1) is 0 Å². The minimum absolute atomic E-state index is 0.0142. The van der Waals surface area contributed by atoms with E-state index >= 15 is 0 Å². The molecule has 1 aromatic carbocycles. The first-order valence-corrected chi connectivity index (χ1v) is 8.37. The minimum Gasteiger partial charge on any atom is -0.490 e. The lowest BCUT2D eigenvalue weighted by Gasteiger charge is -2.30. The van der Waals surface area contributed by atoms with Gasteiger partial charge < -0.3 is 24.8 Å². The van der Waals surface area contributed by atoms with E-state index in [0.29, 0.717) is 24.6 Å². The number of para-hydroxylation sites is 1. The molecule has 0 bridgehead atoms. The molecule has 1 atom stereocenters. The molecule has 1 aliphatic heterocycles. The second kappa shape index (κ2) is 8.11. The fourth-order valence-corrected chi connectivity index (χ4v) is 2.62. The van der Waals surface area contributed by atoms with Crippen molar-refractivity contribution in [3.05, 3.63) is 48.5 Å². The van der Waals surface area contributed by atoms with Crippen molar-refractivity contribution in [2.24, 2.45) is 0 Å². The van der Waals surface area contributed by atoms with E-state index in [9.17, 15) is 9.90 Å². The molecule has 2 aromatic rings. The number of rotatable bonds is 5. The molecule has 0 radical (unpaired) electrons. The summed E-state index contributed by atoms with van der Waals surface area (Å²) >= 11 is 0. The normalized spacial score (nSPS) is 20.3. The van der Waals surface area contributed by atoms with E-state index < -0.39 is 5.60 Å². The number of β-amino-alcohol motifs (C(OH)–C–C–N with tert-alkyl or cyclic N) is 1. The summed E-state index contributed by atoms with van der Waals surface area (Å²) in [7, 11) is 1.75. The Morgan fingerprint density at radius 2 is 2.08 bits per heavy atom. The summed E-state index contributed by atoms with van der Waals surface area (Å²) in [4.78, 5) is 22.3. The van der Waals surface area contributed by atoms with Crippen LogP contribution in [0.5, 0.6) is 5.75 Å². The molecule has 0 saturated carbocycles. The fourth-order valence-electron chi connectivity index (χ4n) is 2.62. The fraction of sp³-hybridized carbons (Fsp3) is 0.389. The van der Waals surface area contributed by atoms with Gasteiger partial charge in [0.15, 0.2) is 0 Å². The zero-order valence-corrected chi connectivity index (χ0v) is 14.6. The molecule has 0 spiro atoms. The van der Waals surface area contributed by atoms with Crippen LogP contribution >= 0.6 is 0 Å². The third-order valence-electron chi connectivity index (χ3n) is 4.03. The predicted molar refractivity (Wildman–Crippen MR) is 95.2 cm³/mol. The SMILES string of the molecule is CNc1cnc(C(=O)N2CCOC[C@](O)(COc3ccccc3)C2)nc1. The van der Waals surface area contributed by atoms with Crippen LogP contribution in [0.4, 0.5) is 5.69 Å². The standard InChI is InChI=1S/C18H22N4O4/c1-19-14-9-20-16(21-10-14)17(23)22-7-8-25-12-18(24,11-22)13-26-15-5-3-2-4-6-15/h2-6,9-10,19,24H,7-8,11-13H2,1H3/t18-/m0/s1. The van der Waals surface area contributed by atoms with Crippen LogP contribution in [0.1, 0.15) is 10.6 Å². The molecule has 1 aliphatic rings. The summed E-state index contributed by atoms with van der Waals surface area (Å²) in [6, 6.07) is 9.20. The maximum atomic E-state index is 12.7. The zero-order chi connectivity index (χ0) is 18.4. The number of hydrogen-bond acceptors (Lipinski definition) is 7. The Balaban J connectivity index is 1.68. The Hall–Kier alpha value is -2.71. The average molecular weight is 358 g/mol. The molecule has 2 N–H and O–H groups in total. The van der Waals surface area contributed by atoms with Crippen LogP contribution in [0, 0.1) is 0 Å². The van der Waals surface area contributed by atoms with E-state index in [1.54, 1.807) is 31.6 Å². The van der Waals surface area contributed by atoms with Crippen molar-refractivity contribution in [3.8, 4) is 5.75 Å².